The van der Waals surface area contributed by atoms with Gasteiger partial charge in [-0.15, -0.1) is 0 Å². The van der Waals surface area contributed by atoms with Crippen LogP contribution >= 0.6 is 23.2 Å². The molecule has 2 aromatic carbocycles. The Morgan fingerprint density at radius 1 is 0.968 bits per heavy atom. The fourth-order valence-corrected chi connectivity index (χ4v) is 3.86. The van der Waals surface area contributed by atoms with Crippen LogP contribution in [0.4, 0.5) is 5.69 Å². The summed E-state index contributed by atoms with van der Waals surface area (Å²) < 4.78 is 1.35. The van der Waals surface area contributed by atoms with Crippen LogP contribution in [0.15, 0.2) is 59.7 Å². The third-order valence-electron chi connectivity index (χ3n) is 5.43. The van der Waals surface area contributed by atoms with Crippen molar-refractivity contribution in [3.05, 3.63) is 80.8 Å². The summed E-state index contributed by atoms with van der Waals surface area (Å²) in [4.78, 5) is 33.6. The maximum absolute atomic E-state index is 12.7. The number of carbonyl (C=O) groups is 1. The molecule has 8 heteroatoms. The van der Waals surface area contributed by atoms with Gasteiger partial charge in [-0.3, -0.25) is 14.2 Å². The van der Waals surface area contributed by atoms with Crippen molar-refractivity contribution in [3.8, 4) is 11.3 Å². The van der Waals surface area contributed by atoms with Crippen LogP contribution in [0.3, 0.4) is 0 Å². The van der Waals surface area contributed by atoms with Crippen LogP contribution in [0, 0.1) is 6.92 Å². The van der Waals surface area contributed by atoms with E-state index in [-0.39, 0.29) is 18.0 Å². The predicted molar refractivity (Wildman–Crippen MR) is 124 cm³/mol. The molecule has 1 fully saturated rings. The second-order valence-electron chi connectivity index (χ2n) is 7.57. The molecule has 4 rings (SSSR count). The Labute approximate surface area is 190 Å². The Hall–Kier alpha value is -2.83. The molecule has 0 radical (unpaired) electrons. The van der Waals surface area contributed by atoms with Gasteiger partial charge in [0.25, 0.3) is 5.56 Å². The Kier molecular flexibility index (Phi) is 6.30. The zero-order valence-corrected chi connectivity index (χ0v) is 18.6. The molecule has 0 N–H and O–H groups in total. The molecule has 0 saturated carbocycles. The summed E-state index contributed by atoms with van der Waals surface area (Å²) in [5.41, 5.74) is 3.35. The lowest BCUT2D eigenvalue weighted by molar-refractivity contribution is -0.132. The standard InChI is InChI=1S/C23H22Cl2N4O2/c1-16-2-4-17(5-3-16)21-13-22(30)29(15-26-21)14-23(31)28-10-8-27(9-11-28)18-6-7-19(24)20(25)12-18/h2-7,12-13,15H,8-11,14H2,1H3. The van der Waals surface area contributed by atoms with Crippen molar-refractivity contribution in [2.75, 3.05) is 31.1 Å². The Morgan fingerprint density at radius 2 is 1.68 bits per heavy atom. The van der Waals surface area contributed by atoms with Crippen LogP contribution in [0.2, 0.25) is 10.0 Å². The van der Waals surface area contributed by atoms with E-state index in [9.17, 15) is 9.59 Å². The first-order valence-electron chi connectivity index (χ1n) is 10.0. The van der Waals surface area contributed by atoms with Gasteiger partial charge in [-0.1, -0.05) is 53.0 Å². The summed E-state index contributed by atoms with van der Waals surface area (Å²) in [7, 11) is 0. The summed E-state index contributed by atoms with van der Waals surface area (Å²) in [6.07, 6.45) is 1.45. The number of benzene rings is 2. The number of hydrogen-bond donors (Lipinski definition) is 0. The van der Waals surface area contributed by atoms with E-state index in [1.807, 2.05) is 43.3 Å². The van der Waals surface area contributed by atoms with Crippen molar-refractivity contribution in [1.82, 2.24) is 14.5 Å². The van der Waals surface area contributed by atoms with Gasteiger partial charge in [-0.2, -0.15) is 0 Å². The van der Waals surface area contributed by atoms with Crippen molar-refractivity contribution in [2.45, 2.75) is 13.5 Å². The third kappa shape index (κ3) is 4.92. The van der Waals surface area contributed by atoms with Gasteiger partial charge in [-0.25, -0.2) is 4.98 Å². The predicted octanol–water partition coefficient (Wildman–Crippen LogP) is 3.87. The number of aromatic nitrogens is 2. The molecular weight excluding hydrogens is 435 g/mol. The topological polar surface area (TPSA) is 58.4 Å². The van der Waals surface area contributed by atoms with Gasteiger partial charge < -0.3 is 9.80 Å². The molecule has 1 amide bonds. The summed E-state index contributed by atoms with van der Waals surface area (Å²) in [6, 6.07) is 14.8. The van der Waals surface area contributed by atoms with Gasteiger partial charge in [0.2, 0.25) is 5.91 Å². The molecule has 1 saturated heterocycles. The first kappa shape index (κ1) is 21.4. The first-order valence-corrected chi connectivity index (χ1v) is 10.8. The summed E-state index contributed by atoms with van der Waals surface area (Å²) >= 11 is 12.1. The van der Waals surface area contributed by atoms with Gasteiger partial charge in [0.05, 0.1) is 22.1 Å². The number of anilines is 1. The quantitative estimate of drug-likeness (QED) is 0.597. The zero-order valence-electron chi connectivity index (χ0n) is 17.1. The van der Waals surface area contributed by atoms with Gasteiger partial charge in [-0.05, 0) is 25.1 Å². The molecular formula is C23H22Cl2N4O2. The van der Waals surface area contributed by atoms with Crippen LogP contribution in [0.5, 0.6) is 0 Å². The lowest BCUT2D eigenvalue weighted by Gasteiger charge is -2.36. The first-order chi connectivity index (χ1) is 14.9. The van der Waals surface area contributed by atoms with Crippen molar-refractivity contribution >= 4 is 34.8 Å². The highest BCUT2D eigenvalue weighted by molar-refractivity contribution is 6.42. The number of halogens is 2. The molecule has 3 aromatic rings. The van der Waals surface area contributed by atoms with Gasteiger partial charge in [0.15, 0.2) is 0 Å². The van der Waals surface area contributed by atoms with Gasteiger partial charge >= 0.3 is 0 Å². The minimum atomic E-state index is -0.242. The van der Waals surface area contributed by atoms with Crippen LogP contribution in [0.25, 0.3) is 11.3 Å². The Balaban J connectivity index is 1.38. The number of piperazine rings is 1. The van der Waals surface area contributed by atoms with Crippen molar-refractivity contribution in [1.29, 1.82) is 0 Å². The molecule has 1 aliphatic heterocycles. The van der Waals surface area contributed by atoms with Crippen LogP contribution in [-0.4, -0.2) is 46.5 Å². The Morgan fingerprint density at radius 3 is 2.32 bits per heavy atom. The van der Waals surface area contributed by atoms with E-state index in [0.29, 0.717) is 41.9 Å². The minimum absolute atomic E-state index is 0.0210. The molecule has 1 aliphatic rings. The van der Waals surface area contributed by atoms with Crippen LogP contribution < -0.4 is 10.5 Å². The minimum Gasteiger partial charge on any atom is -0.368 e. The maximum Gasteiger partial charge on any atom is 0.254 e. The highest BCUT2D eigenvalue weighted by Gasteiger charge is 2.22. The number of rotatable bonds is 4. The highest BCUT2D eigenvalue weighted by atomic mass is 35.5. The van der Waals surface area contributed by atoms with E-state index in [0.717, 1.165) is 16.8 Å². The Bertz CT molecular complexity index is 1150. The zero-order chi connectivity index (χ0) is 22.0. The number of hydrogen-bond acceptors (Lipinski definition) is 4. The highest BCUT2D eigenvalue weighted by Crippen LogP contribution is 2.27. The number of aryl methyl sites for hydroxylation is 1. The second kappa shape index (κ2) is 9.12. The van der Waals surface area contributed by atoms with Crippen molar-refractivity contribution in [3.63, 3.8) is 0 Å². The number of nitrogens with zero attached hydrogens (tertiary/aromatic N) is 4. The molecule has 160 valence electrons. The fourth-order valence-electron chi connectivity index (χ4n) is 3.57. The average molecular weight is 457 g/mol. The van der Waals surface area contributed by atoms with Crippen LogP contribution in [0.1, 0.15) is 5.56 Å². The van der Waals surface area contributed by atoms with E-state index in [1.54, 1.807) is 11.0 Å². The molecule has 6 nitrogen and oxygen atoms in total. The summed E-state index contributed by atoms with van der Waals surface area (Å²) in [5.74, 6) is -0.0965. The fraction of sp³-hybridized carbons (Fsp3) is 0.261. The summed E-state index contributed by atoms with van der Waals surface area (Å²) in [5, 5.41) is 1.03. The molecule has 0 bridgehead atoms. The second-order valence-corrected chi connectivity index (χ2v) is 8.39. The lowest BCUT2D eigenvalue weighted by Crippen LogP contribution is -2.50. The van der Waals surface area contributed by atoms with Gasteiger partial charge in [0, 0.05) is 43.5 Å². The smallest absolute Gasteiger partial charge is 0.254 e. The lowest BCUT2D eigenvalue weighted by atomic mass is 10.1. The van der Waals surface area contributed by atoms with E-state index in [2.05, 4.69) is 9.88 Å². The van der Waals surface area contributed by atoms with E-state index in [1.165, 1.54) is 17.0 Å². The molecule has 0 unspecified atom stereocenters. The number of amides is 1. The maximum atomic E-state index is 12.7. The molecule has 31 heavy (non-hydrogen) atoms. The average Bonchev–Trinajstić information content (AvgIpc) is 2.77. The monoisotopic (exact) mass is 456 g/mol. The normalized spacial score (nSPS) is 14.0. The van der Waals surface area contributed by atoms with Crippen LogP contribution in [-0.2, 0) is 11.3 Å². The molecule has 1 aromatic heterocycles. The van der Waals surface area contributed by atoms with E-state index < -0.39 is 0 Å². The molecule has 0 aliphatic carbocycles. The van der Waals surface area contributed by atoms with Crippen molar-refractivity contribution < 1.29 is 4.79 Å². The molecule has 0 spiro atoms. The van der Waals surface area contributed by atoms with E-state index in [4.69, 9.17) is 23.2 Å². The molecule has 2 heterocycles. The third-order valence-corrected chi connectivity index (χ3v) is 6.17. The van der Waals surface area contributed by atoms with Crippen molar-refractivity contribution in [2.24, 2.45) is 0 Å². The van der Waals surface area contributed by atoms with E-state index >= 15 is 0 Å². The SMILES string of the molecule is Cc1ccc(-c2cc(=O)n(CC(=O)N3CCN(c4ccc(Cl)c(Cl)c4)CC3)cn2)cc1. The van der Waals surface area contributed by atoms with Gasteiger partial charge in [0.1, 0.15) is 6.54 Å². The summed E-state index contributed by atoms with van der Waals surface area (Å²) in [6.45, 7) is 4.50. The molecule has 0 atom stereocenters. The largest absolute Gasteiger partial charge is 0.368 e. The number of carbonyl (C=O) groups excluding carboxylic acids is 1.